The monoisotopic (exact) mass is 478 g/mol. The fourth-order valence-electron chi connectivity index (χ4n) is 4.69. The first-order valence-corrected chi connectivity index (χ1v) is 12.3. The summed E-state index contributed by atoms with van der Waals surface area (Å²) < 4.78 is 1.53. The highest BCUT2D eigenvalue weighted by Crippen LogP contribution is 2.23. The molecule has 1 aliphatic heterocycles. The molecule has 5 rings (SSSR count). The Balaban J connectivity index is 1.48. The van der Waals surface area contributed by atoms with Crippen LogP contribution >= 0.6 is 0 Å². The van der Waals surface area contributed by atoms with E-state index in [0.29, 0.717) is 30.0 Å². The lowest BCUT2D eigenvalue weighted by atomic mass is 10.0. The summed E-state index contributed by atoms with van der Waals surface area (Å²) in [5, 5.41) is 2.93. The second-order valence-corrected chi connectivity index (χ2v) is 9.48. The van der Waals surface area contributed by atoms with Gasteiger partial charge in [-0.25, -0.2) is 4.98 Å². The van der Waals surface area contributed by atoms with Crippen LogP contribution in [0.15, 0.2) is 83.7 Å². The van der Waals surface area contributed by atoms with Crippen molar-refractivity contribution in [2.75, 3.05) is 11.9 Å². The maximum Gasteiger partial charge on any atom is 0.257 e. The van der Waals surface area contributed by atoms with E-state index in [1.54, 1.807) is 0 Å². The molecule has 6 nitrogen and oxygen atoms in total. The van der Waals surface area contributed by atoms with E-state index in [9.17, 15) is 9.59 Å². The van der Waals surface area contributed by atoms with E-state index in [2.05, 4.69) is 22.3 Å². The highest BCUT2D eigenvalue weighted by molar-refractivity contribution is 5.90. The zero-order valence-corrected chi connectivity index (χ0v) is 20.7. The van der Waals surface area contributed by atoms with Crippen LogP contribution in [0.2, 0.25) is 0 Å². The number of hydrogen-bond donors (Lipinski definition) is 1. The third-order valence-electron chi connectivity index (χ3n) is 6.56. The van der Waals surface area contributed by atoms with Gasteiger partial charge in [-0.15, -0.1) is 0 Å². The normalized spacial score (nSPS) is 13.3. The van der Waals surface area contributed by atoms with E-state index in [-0.39, 0.29) is 18.0 Å². The van der Waals surface area contributed by atoms with Gasteiger partial charge in [0.15, 0.2) is 0 Å². The zero-order chi connectivity index (χ0) is 25.1. The van der Waals surface area contributed by atoms with Crippen LogP contribution in [0.25, 0.3) is 11.4 Å². The molecular formula is C30H30N4O2. The number of anilines is 1. The van der Waals surface area contributed by atoms with Crippen LogP contribution in [-0.4, -0.2) is 26.9 Å². The van der Waals surface area contributed by atoms with Gasteiger partial charge in [-0.1, -0.05) is 72.3 Å². The lowest BCUT2D eigenvalue weighted by molar-refractivity contribution is -0.116. The predicted octanol–water partition coefficient (Wildman–Crippen LogP) is 4.72. The second kappa shape index (κ2) is 10.3. The predicted molar refractivity (Wildman–Crippen MR) is 143 cm³/mol. The first-order chi connectivity index (χ1) is 17.5. The van der Waals surface area contributed by atoms with Gasteiger partial charge >= 0.3 is 0 Å². The molecule has 1 amide bonds. The fourth-order valence-corrected chi connectivity index (χ4v) is 4.69. The Morgan fingerprint density at radius 1 is 0.944 bits per heavy atom. The smallest absolute Gasteiger partial charge is 0.257 e. The van der Waals surface area contributed by atoms with Crippen molar-refractivity contribution in [1.29, 1.82) is 0 Å². The lowest BCUT2D eigenvalue weighted by Crippen LogP contribution is -2.39. The first kappa shape index (κ1) is 23.7. The SMILES string of the molecule is Cc1ccc(-c2nc3c(c(=O)n2CC(=O)Nc2cccc(C)c2)CCN(Cc2ccccc2)C3)cc1. The molecule has 0 radical (unpaired) electrons. The molecule has 0 unspecified atom stereocenters. The molecule has 3 aromatic carbocycles. The topological polar surface area (TPSA) is 67.2 Å². The maximum atomic E-state index is 13.7. The summed E-state index contributed by atoms with van der Waals surface area (Å²) in [5.74, 6) is 0.277. The Kier molecular flexibility index (Phi) is 6.78. The van der Waals surface area contributed by atoms with E-state index in [0.717, 1.165) is 35.5 Å². The molecule has 0 saturated heterocycles. The number of carbonyl (C=O) groups is 1. The van der Waals surface area contributed by atoms with Crippen molar-refractivity contribution in [1.82, 2.24) is 14.5 Å². The van der Waals surface area contributed by atoms with Gasteiger partial charge < -0.3 is 5.32 Å². The first-order valence-electron chi connectivity index (χ1n) is 12.3. The Morgan fingerprint density at radius 3 is 2.47 bits per heavy atom. The van der Waals surface area contributed by atoms with Crippen LogP contribution < -0.4 is 10.9 Å². The van der Waals surface area contributed by atoms with E-state index < -0.39 is 0 Å². The zero-order valence-electron chi connectivity index (χ0n) is 20.7. The number of nitrogens with one attached hydrogen (secondary N) is 1. The van der Waals surface area contributed by atoms with Gasteiger partial charge in [0, 0.05) is 36.4 Å². The molecule has 182 valence electrons. The van der Waals surface area contributed by atoms with Crippen molar-refractivity contribution in [2.45, 2.75) is 39.9 Å². The van der Waals surface area contributed by atoms with Crippen LogP contribution in [0.4, 0.5) is 5.69 Å². The van der Waals surface area contributed by atoms with Crippen molar-refractivity contribution < 1.29 is 4.79 Å². The minimum atomic E-state index is -0.251. The van der Waals surface area contributed by atoms with Gasteiger partial charge in [0.1, 0.15) is 12.4 Å². The third kappa shape index (κ3) is 5.29. The highest BCUT2D eigenvalue weighted by atomic mass is 16.2. The van der Waals surface area contributed by atoms with Crippen LogP contribution in [0.5, 0.6) is 0 Å². The average Bonchev–Trinajstić information content (AvgIpc) is 2.87. The summed E-state index contributed by atoms with van der Waals surface area (Å²) in [7, 11) is 0. The number of benzene rings is 3. The van der Waals surface area contributed by atoms with E-state index in [1.807, 2.05) is 80.6 Å². The lowest BCUT2D eigenvalue weighted by Gasteiger charge is -2.29. The molecule has 4 aromatic rings. The number of rotatable bonds is 6. The fraction of sp³-hybridized carbons (Fsp3) is 0.233. The van der Waals surface area contributed by atoms with Crippen LogP contribution in [-0.2, 0) is 30.8 Å². The van der Waals surface area contributed by atoms with Gasteiger partial charge in [-0.05, 0) is 43.5 Å². The van der Waals surface area contributed by atoms with E-state index in [4.69, 9.17) is 4.98 Å². The molecule has 1 aromatic heterocycles. The number of amides is 1. The van der Waals surface area contributed by atoms with Crippen molar-refractivity contribution in [3.63, 3.8) is 0 Å². The Morgan fingerprint density at radius 2 is 1.72 bits per heavy atom. The molecular weight excluding hydrogens is 448 g/mol. The summed E-state index contributed by atoms with van der Waals surface area (Å²) in [6.45, 7) is 6.10. The van der Waals surface area contributed by atoms with Crippen molar-refractivity contribution in [3.8, 4) is 11.4 Å². The maximum absolute atomic E-state index is 13.7. The minimum Gasteiger partial charge on any atom is -0.325 e. The molecule has 0 spiro atoms. The van der Waals surface area contributed by atoms with Crippen LogP contribution in [0, 0.1) is 13.8 Å². The standard InChI is InChI=1S/C30H30N4O2/c1-21-11-13-24(14-12-21)29-32-27-19-33(18-23-8-4-3-5-9-23)16-15-26(27)30(36)34(29)20-28(35)31-25-10-6-7-22(2)17-25/h3-14,17H,15-16,18-20H2,1-2H3,(H,31,35). The summed E-state index contributed by atoms with van der Waals surface area (Å²) in [5.41, 5.74) is 6.33. The van der Waals surface area contributed by atoms with E-state index >= 15 is 0 Å². The number of fused-ring (bicyclic) bond motifs is 1. The van der Waals surface area contributed by atoms with Gasteiger partial charge in [-0.3, -0.25) is 19.1 Å². The summed E-state index contributed by atoms with van der Waals surface area (Å²) >= 11 is 0. The molecule has 36 heavy (non-hydrogen) atoms. The Bertz CT molecular complexity index is 1440. The summed E-state index contributed by atoms with van der Waals surface area (Å²) in [6.07, 6.45) is 0.613. The van der Waals surface area contributed by atoms with Crippen molar-refractivity contribution >= 4 is 11.6 Å². The molecule has 2 heterocycles. The highest BCUT2D eigenvalue weighted by Gasteiger charge is 2.25. The number of hydrogen-bond acceptors (Lipinski definition) is 4. The van der Waals surface area contributed by atoms with Crippen LogP contribution in [0.3, 0.4) is 0 Å². The minimum absolute atomic E-state index is 0.0933. The Labute approximate surface area is 211 Å². The quantitative estimate of drug-likeness (QED) is 0.435. The van der Waals surface area contributed by atoms with Gasteiger partial charge in [0.05, 0.1) is 5.69 Å². The Hall–Kier alpha value is -4.03. The molecule has 0 saturated carbocycles. The van der Waals surface area contributed by atoms with Gasteiger partial charge in [0.2, 0.25) is 5.91 Å². The second-order valence-electron chi connectivity index (χ2n) is 9.48. The summed E-state index contributed by atoms with van der Waals surface area (Å²) in [6, 6.07) is 25.9. The molecule has 0 aliphatic carbocycles. The van der Waals surface area contributed by atoms with Gasteiger partial charge in [0.25, 0.3) is 5.56 Å². The molecule has 0 bridgehead atoms. The number of aromatic nitrogens is 2. The molecule has 1 aliphatic rings. The number of carbonyl (C=O) groups excluding carboxylic acids is 1. The van der Waals surface area contributed by atoms with Gasteiger partial charge in [-0.2, -0.15) is 0 Å². The van der Waals surface area contributed by atoms with Crippen molar-refractivity contribution in [3.05, 3.63) is 117 Å². The summed E-state index contributed by atoms with van der Waals surface area (Å²) in [4.78, 5) is 34.0. The number of aryl methyl sites for hydroxylation is 2. The molecule has 1 N–H and O–H groups in total. The average molecular weight is 479 g/mol. The largest absolute Gasteiger partial charge is 0.325 e. The molecule has 6 heteroatoms. The van der Waals surface area contributed by atoms with Crippen LogP contribution in [0.1, 0.15) is 27.9 Å². The van der Waals surface area contributed by atoms with Crippen molar-refractivity contribution in [2.24, 2.45) is 0 Å². The molecule has 0 fully saturated rings. The van der Waals surface area contributed by atoms with E-state index in [1.165, 1.54) is 10.1 Å². The number of nitrogens with zero attached hydrogens (tertiary/aromatic N) is 3. The third-order valence-corrected chi connectivity index (χ3v) is 6.56. The molecule has 0 atom stereocenters.